The average Bonchev–Trinajstić information content (AvgIpc) is 2.24. The molecule has 1 rings (SSSR count). The van der Waals surface area contributed by atoms with Gasteiger partial charge < -0.3 is 9.47 Å². The van der Waals surface area contributed by atoms with E-state index in [-0.39, 0.29) is 6.61 Å². The molecule has 0 fully saturated rings. The molecule has 0 aliphatic carbocycles. The summed E-state index contributed by atoms with van der Waals surface area (Å²) in [6.45, 7) is 3.13. The fourth-order valence-corrected chi connectivity index (χ4v) is 1.25. The van der Waals surface area contributed by atoms with Crippen LogP contribution in [-0.4, -0.2) is 25.9 Å². The molecule has 4 nitrogen and oxygen atoms in total. The predicted molar refractivity (Wildman–Crippen MR) is 62.9 cm³/mol. The lowest BCUT2D eigenvalue weighted by atomic mass is 10.3. The van der Waals surface area contributed by atoms with E-state index in [1.807, 2.05) is 6.92 Å². The van der Waals surface area contributed by atoms with Crippen LogP contribution < -0.4 is 5.32 Å². The van der Waals surface area contributed by atoms with Crippen molar-refractivity contribution in [2.24, 2.45) is 0 Å². The van der Waals surface area contributed by atoms with Crippen molar-refractivity contribution >= 4 is 23.4 Å². The van der Waals surface area contributed by atoms with E-state index in [9.17, 15) is 4.79 Å². The zero-order valence-electron chi connectivity index (χ0n) is 9.03. The van der Waals surface area contributed by atoms with Crippen LogP contribution in [0.15, 0.2) is 24.3 Å². The Bertz CT molecular complexity index is 344. The van der Waals surface area contributed by atoms with Gasteiger partial charge in [-0.3, -0.25) is 5.32 Å². The molecule has 0 atom stereocenters. The molecule has 16 heavy (non-hydrogen) atoms. The zero-order valence-corrected chi connectivity index (χ0v) is 9.79. The van der Waals surface area contributed by atoms with Crippen molar-refractivity contribution in [2.75, 3.05) is 25.1 Å². The smallest absolute Gasteiger partial charge is 0.411 e. The van der Waals surface area contributed by atoms with Gasteiger partial charge in [-0.2, -0.15) is 0 Å². The second-order valence-electron chi connectivity index (χ2n) is 2.97. The Hall–Kier alpha value is -1.26. The molecule has 0 heterocycles. The summed E-state index contributed by atoms with van der Waals surface area (Å²) < 4.78 is 9.90. The molecule has 0 spiro atoms. The number of nitrogens with one attached hydrogen (secondary N) is 1. The molecule has 0 aliphatic rings. The van der Waals surface area contributed by atoms with Crippen LogP contribution >= 0.6 is 11.6 Å². The molecule has 1 aromatic rings. The molecule has 1 N–H and O–H groups in total. The summed E-state index contributed by atoms with van der Waals surface area (Å²) in [6, 6.07) is 6.85. The summed E-state index contributed by atoms with van der Waals surface area (Å²) in [7, 11) is 0. The minimum Gasteiger partial charge on any atom is -0.447 e. The van der Waals surface area contributed by atoms with Crippen LogP contribution in [0.4, 0.5) is 10.5 Å². The Labute approximate surface area is 99.5 Å². The largest absolute Gasteiger partial charge is 0.447 e. The van der Waals surface area contributed by atoms with Crippen LogP contribution in [0.1, 0.15) is 6.92 Å². The number of hydrogen-bond donors (Lipinski definition) is 1. The quantitative estimate of drug-likeness (QED) is 0.809. The highest BCUT2D eigenvalue weighted by Gasteiger charge is 2.02. The first-order valence-corrected chi connectivity index (χ1v) is 5.37. The maximum absolute atomic E-state index is 11.3. The molecule has 0 aliphatic heterocycles. The molecule has 0 bridgehead atoms. The van der Waals surface area contributed by atoms with E-state index >= 15 is 0 Å². The van der Waals surface area contributed by atoms with Crippen LogP contribution in [0, 0.1) is 0 Å². The van der Waals surface area contributed by atoms with Crippen LogP contribution in [0.25, 0.3) is 0 Å². The van der Waals surface area contributed by atoms with Gasteiger partial charge in [-0.25, -0.2) is 4.79 Å². The van der Waals surface area contributed by atoms with E-state index in [1.54, 1.807) is 24.3 Å². The van der Waals surface area contributed by atoms with Gasteiger partial charge in [0.05, 0.1) is 6.61 Å². The van der Waals surface area contributed by atoms with Crippen molar-refractivity contribution in [3.63, 3.8) is 0 Å². The Balaban J connectivity index is 2.29. The maximum Gasteiger partial charge on any atom is 0.411 e. The highest BCUT2D eigenvalue weighted by Crippen LogP contribution is 2.14. The van der Waals surface area contributed by atoms with Gasteiger partial charge in [0.15, 0.2) is 0 Å². The third-order valence-electron chi connectivity index (χ3n) is 1.74. The van der Waals surface area contributed by atoms with Gasteiger partial charge in [0.1, 0.15) is 6.61 Å². The van der Waals surface area contributed by atoms with Crippen molar-refractivity contribution in [1.82, 2.24) is 0 Å². The van der Waals surface area contributed by atoms with Crippen molar-refractivity contribution in [1.29, 1.82) is 0 Å². The van der Waals surface area contributed by atoms with Gasteiger partial charge in [0.25, 0.3) is 0 Å². The van der Waals surface area contributed by atoms with Crippen LogP contribution in [0.5, 0.6) is 0 Å². The van der Waals surface area contributed by atoms with E-state index in [0.29, 0.717) is 23.9 Å². The van der Waals surface area contributed by atoms with E-state index in [2.05, 4.69) is 5.32 Å². The summed E-state index contributed by atoms with van der Waals surface area (Å²) in [5.41, 5.74) is 0.605. The number of rotatable bonds is 5. The van der Waals surface area contributed by atoms with E-state index in [1.165, 1.54) is 0 Å². The predicted octanol–water partition coefficient (Wildman–Crippen LogP) is 2.93. The SMILES string of the molecule is CCOCCOC(=O)Nc1cccc(Cl)c1. The van der Waals surface area contributed by atoms with E-state index in [4.69, 9.17) is 21.1 Å². The number of hydrogen-bond acceptors (Lipinski definition) is 3. The van der Waals surface area contributed by atoms with E-state index in [0.717, 1.165) is 0 Å². The average molecular weight is 244 g/mol. The lowest BCUT2D eigenvalue weighted by molar-refractivity contribution is 0.0850. The Morgan fingerprint density at radius 1 is 1.44 bits per heavy atom. The van der Waals surface area contributed by atoms with Gasteiger partial charge in [-0.05, 0) is 25.1 Å². The molecular weight excluding hydrogens is 230 g/mol. The molecule has 0 saturated carbocycles. The molecule has 88 valence electrons. The minimum absolute atomic E-state index is 0.236. The van der Waals surface area contributed by atoms with Crippen LogP contribution in [-0.2, 0) is 9.47 Å². The number of ether oxygens (including phenoxy) is 2. The third kappa shape index (κ3) is 5.00. The van der Waals surface area contributed by atoms with Gasteiger partial charge in [0.2, 0.25) is 0 Å². The topological polar surface area (TPSA) is 47.6 Å². The number of amides is 1. The summed E-state index contributed by atoms with van der Waals surface area (Å²) in [5, 5.41) is 3.12. The second kappa shape index (κ2) is 7.09. The first-order chi connectivity index (χ1) is 7.72. The van der Waals surface area contributed by atoms with Crippen molar-refractivity contribution in [3.05, 3.63) is 29.3 Å². The fourth-order valence-electron chi connectivity index (χ4n) is 1.06. The molecule has 1 aromatic carbocycles. The van der Waals surface area contributed by atoms with Crippen molar-refractivity contribution in [3.8, 4) is 0 Å². The van der Waals surface area contributed by atoms with Gasteiger partial charge >= 0.3 is 6.09 Å². The Kier molecular flexibility index (Phi) is 5.67. The Morgan fingerprint density at radius 2 is 2.25 bits per heavy atom. The summed E-state index contributed by atoms with van der Waals surface area (Å²) >= 11 is 5.76. The number of anilines is 1. The summed E-state index contributed by atoms with van der Waals surface area (Å²) in [6.07, 6.45) is -0.512. The molecule has 0 unspecified atom stereocenters. The maximum atomic E-state index is 11.3. The van der Waals surface area contributed by atoms with Crippen molar-refractivity contribution in [2.45, 2.75) is 6.92 Å². The first-order valence-electron chi connectivity index (χ1n) is 4.99. The molecule has 1 amide bonds. The summed E-state index contributed by atoms with van der Waals surface area (Å²) in [4.78, 5) is 11.3. The number of carbonyl (C=O) groups is 1. The lowest BCUT2D eigenvalue weighted by Gasteiger charge is -2.06. The van der Waals surface area contributed by atoms with Gasteiger partial charge in [0, 0.05) is 17.3 Å². The van der Waals surface area contributed by atoms with Gasteiger partial charge in [-0.1, -0.05) is 17.7 Å². The highest BCUT2D eigenvalue weighted by atomic mass is 35.5. The number of carbonyl (C=O) groups excluding carboxylic acids is 1. The summed E-state index contributed by atoms with van der Waals surface area (Å²) in [5.74, 6) is 0. The van der Waals surface area contributed by atoms with Gasteiger partial charge in [-0.15, -0.1) is 0 Å². The molecule has 0 aromatic heterocycles. The molecule has 0 radical (unpaired) electrons. The number of halogens is 1. The zero-order chi connectivity index (χ0) is 11.8. The minimum atomic E-state index is -0.512. The second-order valence-corrected chi connectivity index (χ2v) is 3.40. The normalized spacial score (nSPS) is 9.88. The lowest BCUT2D eigenvalue weighted by Crippen LogP contribution is -2.16. The standard InChI is InChI=1S/C11H14ClNO3/c1-2-15-6-7-16-11(14)13-10-5-3-4-9(12)8-10/h3-5,8H,2,6-7H2,1H3,(H,13,14). The molecular formula is C11H14ClNO3. The van der Waals surface area contributed by atoms with Crippen LogP contribution in [0.2, 0.25) is 5.02 Å². The monoisotopic (exact) mass is 243 g/mol. The molecule has 5 heteroatoms. The fraction of sp³-hybridized carbons (Fsp3) is 0.364. The van der Waals surface area contributed by atoms with E-state index < -0.39 is 6.09 Å². The Morgan fingerprint density at radius 3 is 2.94 bits per heavy atom. The van der Waals surface area contributed by atoms with Crippen LogP contribution in [0.3, 0.4) is 0 Å². The first kappa shape index (κ1) is 12.8. The van der Waals surface area contributed by atoms with Crippen molar-refractivity contribution < 1.29 is 14.3 Å². The number of benzene rings is 1. The molecule has 0 saturated heterocycles. The third-order valence-corrected chi connectivity index (χ3v) is 1.97. The highest BCUT2D eigenvalue weighted by molar-refractivity contribution is 6.30.